The summed E-state index contributed by atoms with van der Waals surface area (Å²) in [5.41, 5.74) is 9.10. The minimum Gasteiger partial charge on any atom is -0.302 e. The molecule has 0 radical (unpaired) electrons. The molecule has 0 atom stereocenters. The molecule has 0 bridgehead atoms. The van der Waals surface area contributed by atoms with Crippen molar-refractivity contribution in [2.24, 2.45) is 0 Å². The number of nitrogens with zero attached hydrogens (tertiary/aromatic N) is 1. The highest BCUT2D eigenvalue weighted by atomic mass is 15.1. The zero-order valence-electron chi connectivity index (χ0n) is 17.0. The summed E-state index contributed by atoms with van der Waals surface area (Å²) in [4.78, 5) is 2.42. The Labute approximate surface area is 164 Å². The highest BCUT2D eigenvalue weighted by molar-refractivity contribution is 5.57. The van der Waals surface area contributed by atoms with E-state index in [1.165, 1.54) is 27.8 Å². The molecule has 0 fully saturated rings. The Kier molecular flexibility index (Phi) is 5.06. The van der Waals surface area contributed by atoms with Gasteiger partial charge in [-0.3, -0.25) is 0 Å². The van der Waals surface area contributed by atoms with Crippen LogP contribution in [0.1, 0.15) is 48.9 Å². The number of likely N-dealkylation sites (N-methyl/N-ethyl adjacent to an activating group) is 1. The largest absolute Gasteiger partial charge is 0.302 e. The Morgan fingerprint density at radius 1 is 0.926 bits per heavy atom. The molecule has 0 aromatic heterocycles. The lowest BCUT2D eigenvalue weighted by Crippen LogP contribution is -2.36. The van der Waals surface area contributed by atoms with E-state index in [9.17, 15) is 0 Å². The Balaban J connectivity index is 2.02. The SMILES string of the molecule is CC(C)=CCC1(C2=CCN(C)CC2)c2ccccc2CCc2ccccc21. The Morgan fingerprint density at radius 2 is 1.52 bits per heavy atom. The van der Waals surface area contributed by atoms with E-state index in [-0.39, 0.29) is 5.41 Å². The van der Waals surface area contributed by atoms with Crippen LogP contribution in [0.25, 0.3) is 0 Å². The molecule has 1 heterocycles. The predicted octanol–water partition coefficient (Wildman–Crippen LogP) is 5.69. The van der Waals surface area contributed by atoms with Crippen LogP contribution in [0.2, 0.25) is 0 Å². The lowest BCUT2D eigenvalue weighted by molar-refractivity contribution is 0.345. The average molecular weight is 358 g/mol. The van der Waals surface area contributed by atoms with Crippen LogP contribution in [0.15, 0.2) is 71.8 Å². The van der Waals surface area contributed by atoms with Gasteiger partial charge in [0, 0.05) is 18.5 Å². The van der Waals surface area contributed by atoms with Gasteiger partial charge in [-0.15, -0.1) is 0 Å². The van der Waals surface area contributed by atoms with Crippen molar-refractivity contribution < 1.29 is 0 Å². The van der Waals surface area contributed by atoms with E-state index in [0.717, 1.165) is 38.8 Å². The van der Waals surface area contributed by atoms with Gasteiger partial charge in [-0.2, -0.15) is 0 Å². The minimum absolute atomic E-state index is 0.0256. The molecule has 1 nitrogen and oxygen atoms in total. The molecule has 0 unspecified atom stereocenters. The maximum Gasteiger partial charge on any atom is 0.0451 e. The van der Waals surface area contributed by atoms with Crippen molar-refractivity contribution in [1.82, 2.24) is 4.90 Å². The fourth-order valence-corrected chi connectivity index (χ4v) is 4.94. The van der Waals surface area contributed by atoms with Gasteiger partial charge < -0.3 is 4.90 Å². The van der Waals surface area contributed by atoms with Crippen LogP contribution in [0.3, 0.4) is 0 Å². The second-order valence-corrected chi connectivity index (χ2v) is 8.45. The van der Waals surface area contributed by atoms with Crippen LogP contribution >= 0.6 is 0 Å². The molecule has 2 aliphatic rings. The minimum atomic E-state index is -0.0256. The van der Waals surface area contributed by atoms with Crippen LogP contribution in [0.5, 0.6) is 0 Å². The van der Waals surface area contributed by atoms with Crippen LogP contribution in [-0.4, -0.2) is 25.0 Å². The predicted molar refractivity (Wildman–Crippen MR) is 115 cm³/mol. The summed E-state index contributed by atoms with van der Waals surface area (Å²) in [5, 5.41) is 0. The van der Waals surface area contributed by atoms with Crippen molar-refractivity contribution in [3.63, 3.8) is 0 Å². The van der Waals surface area contributed by atoms with E-state index in [1.807, 2.05) is 0 Å². The molecule has 0 amide bonds. The topological polar surface area (TPSA) is 3.24 Å². The number of hydrogen-bond acceptors (Lipinski definition) is 1. The summed E-state index contributed by atoms with van der Waals surface area (Å²) in [6, 6.07) is 18.4. The second kappa shape index (κ2) is 7.48. The first-order valence-electron chi connectivity index (χ1n) is 10.3. The smallest absolute Gasteiger partial charge is 0.0451 e. The number of rotatable bonds is 3. The first-order valence-corrected chi connectivity index (χ1v) is 10.3. The van der Waals surface area contributed by atoms with Crippen LogP contribution in [0, 0.1) is 0 Å². The zero-order valence-corrected chi connectivity index (χ0v) is 17.0. The first kappa shape index (κ1) is 18.3. The molecule has 0 saturated heterocycles. The van der Waals surface area contributed by atoms with Crippen molar-refractivity contribution in [2.75, 3.05) is 20.1 Å². The molecule has 2 aromatic carbocycles. The van der Waals surface area contributed by atoms with E-state index in [0.29, 0.717) is 0 Å². The summed E-state index contributed by atoms with van der Waals surface area (Å²) < 4.78 is 0. The molecular formula is C26H31N. The molecule has 1 heteroatoms. The van der Waals surface area contributed by atoms with Gasteiger partial charge in [0.2, 0.25) is 0 Å². The van der Waals surface area contributed by atoms with Gasteiger partial charge >= 0.3 is 0 Å². The number of allylic oxidation sites excluding steroid dienone is 2. The molecule has 2 aromatic rings. The Hall–Kier alpha value is -2.12. The maximum absolute atomic E-state index is 2.52. The van der Waals surface area contributed by atoms with Crippen molar-refractivity contribution in [2.45, 2.75) is 44.9 Å². The first-order chi connectivity index (χ1) is 13.1. The van der Waals surface area contributed by atoms with Crippen molar-refractivity contribution >= 4 is 0 Å². The molecule has 140 valence electrons. The monoisotopic (exact) mass is 357 g/mol. The summed E-state index contributed by atoms with van der Waals surface area (Å²) in [6.45, 7) is 6.65. The zero-order chi connectivity index (χ0) is 18.9. The Morgan fingerprint density at radius 3 is 2.04 bits per heavy atom. The van der Waals surface area contributed by atoms with Gasteiger partial charge in [0.25, 0.3) is 0 Å². The van der Waals surface area contributed by atoms with Crippen LogP contribution in [-0.2, 0) is 18.3 Å². The third kappa shape index (κ3) is 3.30. The highest BCUT2D eigenvalue weighted by Crippen LogP contribution is 2.49. The van der Waals surface area contributed by atoms with Crippen LogP contribution < -0.4 is 0 Å². The molecule has 0 spiro atoms. The lowest BCUT2D eigenvalue weighted by atomic mass is 9.64. The summed E-state index contributed by atoms with van der Waals surface area (Å²) in [7, 11) is 2.23. The molecule has 0 saturated carbocycles. The second-order valence-electron chi connectivity index (χ2n) is 8.45. The molecule has 4 rings (SSSR count). The summed E-state index contributed by atoms with van der Waals surface area (Å²) in [5.74, 6) is 0. The fraction of sp³-hybridized carbons (Fsp3) is 0.385. The molecule has 1 aliphatic heterocycles. The molecular weight excluding hydrogens is 326 g/mol. The summed E-state index contributed by atoms with van der Waals surface area (Å²) in [6.07, 6.45) is 9.45. The quantitative estimate of drug-likeness (QED) is 0.638. The standard InChI is InChI=1S/C26H31N/c1-20(2)14-17-26(23-15-18-27(3)19-16-23)24-10-6-4-8-21(24)12-13-22-9-5-7-11-25(22)26/h4-11,14-15H,12-13,16-19H2,1-3H3. The molecule has 1 aliphatic carbocycles. The van der Waals surface area contributed by atoms with Crippen molar-refractivity contribution in [3.8, 4) is 0 Å². The van der Waals surface area contributed by atoms with Gasteiger partial charge in [-0.25, -0.2) is 0 Å². The highest BCUT2D eigenvalue weighted by Gasteiger charge is 2.41. The number of aryl methyl sites for hydroxylation is 2. The van der Waals surface area contributed by atoms with Crippen molar-refractivity contribution in [1.29, 1.82) is 0 Å². The molecule has 27 heavy (non-hydrogen) atoms. The maximum atomic E-state index is 2.52. The van der Waals surface area contributed by atoms with E-state index in [4.69, 9.17) is 0 Å². The Bertz CT molecular complexity index is 835. The van der Waals surface area contributed by atoms with Gasteiger partial charge in [0.15, 0.2) is 0 Å². The molecule has 0 N–H and O–H groups in total. The van der Waals surface area contributed by atoms with Crippen LogP contribution in [0.4, 0.5) is 0 Å². The lowest BCUT2D eigenvalue weighted by Gasteiger charge is -2.41. The van der Waals surface area contributed by atoms with E-state index >= 15 is 0 Å². The van der Waals surface area contributed by atoms with Gasteiger partial charge in [-0.05, 0) is 68.8 Å². The van der Waals surface area contributed by atoms with E-state index < -0.39 is 0 Å². The third-order valence-electron chi connectivity index (χ3n) is 6.39. The number of benzene rings is 2. The summed E-state index contributed by atoms with van der Waals surface area (Å²) >= 11 is 0. The fourth-order valence-electron chi connectivity index (χ4n) is 4.94. The van der Waals surface area contributed by atoms with E-state index in [1.54, 1.807) is 5.57 Å². The van der Waals surface area contributed by atoms with Crippen molar-refractivity contribution in [3.05, 3.63) is 94.1 Å². The average Bonchev–Trinajstić information content (AvgIpc) is 2.83. The number of hydrogen-bond donors (Lipinski definition) is 0. The number of fused-ring (bicyclic) bond motifs is 2. The van der Waals surface area contributed by atoms with Gasteiger partial charge in [0.1, 0.15) is 0 Å². The van der Waals surface area contributed by atoms with E-state index in [2.05, 4.69) is 86.5 Å². The third-order valence-corrected chi connectivity index (χ3v) is 6.39. The normalized spacial score (nSPS) is 18.7. The van der Waals surface area contributed by atoms with Gasteiger partial charge in [-0.1, -0.05) is 71.8 Å². The van der Waals surface area contributed by atoms with Gasteiger partial charge in [0.05, 0.1) is 0 Å².